The molecular weight excluding hydrogens is 364 g/mol. The second-order valence-corrected chi connectivity index (χ2v) is 8.02. The fourth-order valence-corrected chi connectivity index (χ4v) is 3.68. The van der Waals surface area contributed by atoms with E-state index in [1.54, 1.807) is 0 Å². The highest BCUT2D eigenvalue weighted by Gasteiger charge is 2.20. The van der Waals surface area contributed by atoms with Crippen LogP contribution in [0.3, 0.4) is 0 Å². The summed E-state index contributed by atoms with van der Waals surface area (Å²) in [5, 5.41) is 17.3. The van der Waals surface area contributed by atoms with Crippen LogP contribution in [0.15, 0.2) is 17.0 Å². The third-order valence-corrected chi connectivity index (χ3v) is 5.33. The maximum atomic E-state index is 11.4. The molecule has 25 heavy (non-hydrogen) atoms. The van der Waals surface area contributed by atoms with Crippen molar-refractivity contribution in [3.8, 4) is 0 Å². The molecule has 1 rings (SSSR count). The molecule has 0 radical (unpaired) electrons. The maximum Gasteiger partial charge on any atom is 0.337 e. The number of hydrogen-bond donors (Lipinski definition) is 3. The molecule has 0 aliphatic heterocycles. The van der Waals surface area contributed by atoms with Gasteiger partial charge < -0.3 is 10.4 Å². The Hall–Kier alpha value is -1.31. The van der Waals surface area contributed by atoms with E-state index in [1.807, 2.05) is 0 Å². The standard InChI is InChI=1S/C17H27ClN2O4S/c1-2-3-4-5-6-7-8-9-10-20-15-12-14(18)16(25(19,23)24)11-13(15)17(21)22/h11-12,20H,2-10H2,1H3,(H,21,22)(H2,19,23,24). The molecule has 4 N–H and O–H groups in total. The van der Waals surface area contributed by atoms with Crippen LogP contribution < -0.4 is 10.5 Å². The van der Waals surface area contributed by atoms with Gasteiger partial charge in [-0.05, 0) is 18.6 Å². The van der Waals surface area contributed by atoms with E-state index in [2.05, 4.69) is 12.2 Å². The molecule has 0 unspecified atom stereocenters. The summed E-state index contributed by atoms with van der Waals surface area (Å²) in [5.41, 5.74) is 0.140. The van der Waals surface area contributed by atoms with Gasteiger partial charge in [0.25, 0.3) is 0 Å². The summed E-state index contributed by atoms with van der Waals surface area (Å²) in [5.74, 6) is -1.24. The molecule has 1 aromatic carbocycles. The van der Waals surface area contributed by atoms with E-state index in [0.29, 0.717) is 12.2 Å². The van der Waals surface area contributed by atoms with Crippen molar-refractivity contribution in [1.29, 1.82) is 0 Å². The number of nitrogens with two attached hydrogens (primary N) is 1. The van der Waals surface area contributed by atoms with Crippen LogP contribution in [-0.2, 0) is 10.0 Å². The van der Waals surface area contributed by atoms with E-state index in [4.69, 9.17) is 16.7 Å². The van der Waals surface area contributed by atoms with Gasteiger partial charge in [-0.25, -0.2) is 18.4 Å². The highest BCUT2D eigenvalue weighted by Crippen LogP contribution is 2.28. The molecule has 0 aliphatic carbocycles. The van der Waals surface area contributed by atoms with Crippen molar-refractivity contribution in [3.63, 3.8) is 0 Å². The topological polar surface area (TPSA) is 109 Å². The molecule has 142 valence electrons. The van der Waals surface area contributed by atoms with Crippen LogP contribution in [0.5, 0.6) is 0 Å². The number of carboxylic acid groups (broad SMARTS) is 1. The molecule has 0 saturated carbocycles. The molecule has 0 aromatic heterocycles. The van der Waals surface area contributed by atoms with Gasteiger partial charge in [-0.15, -0.1) is 0 Å². The Kier molecular flexibility index (Phi) is 9.24. The maximum absolute atomic E-state index is 11.4. The van der Waals surface area contributed by atoms with Gasteiger partial charge in [0.2, 0.25) is 10.0 Å². The Morgan fingerprint density at radius 2 is 1.68 bits per heavy atom. The average Bonchev–Trinajstić information content (AvgIpc) is 2.51. The van der Waals surface area contributed by atoms with Crippen molar-refractivity contribution in [2.75, 3.05) is 11.9 Å². The van der Waals surface area contributed by atoms with Crippen molar-refractivity contribution in [2.24, 2.45) is 5.14 Å². The van der Waals surface area contributed by atoms with Gasteiger partial charge in [0.1, 0.15) is 4.90 Å². The Bertz CT molecular complexity index is 677. The zero-order valence-electron chi connectivity index (χ0n) is 14.6. The van der Waals surface area contributed by atoms with E-state index in [0.717, 1.165) is 25.3 Å². The van der Waals surface area contributed by atoms with Crippen LogP contribution in [0.2, 0.25) is 5.02 Å². The first-order valence-corrected chi connectivity index (χ1v) is 10.5. The van der Waals surface area contributed by atoms with E-state index in [9.17, 15) is 18.3 Å². The fourth-order valence-electron chi connectivity index (χ4n) is 2.58. The van der Waals surface area contributed by atoms with Gasteiger partial charge in [0.05, 0.1) is 16.3 Å². The van der Waals surface area contributed by atoms with E-state index in [-0.39, 0.29) is 15.5 Å². The summed E-state index contributed by atoms with van der Waals surface area (Å²) < 4.78 is 22.9. The van der Waals surface area contributed by atoms with Gasteiger partial charge in [-0.2, -0.15) is 0 Å². The van der Waals surface area contributed by atoms with Crippen LogP contribution in [0.1, 0.15) is 68.6 Å². The first kappa shape index (κ1) is 21.7. The molecule has 0 bridgehead atoms. The van der Waals surface area contributed by atoms with Crippen molar-refractivity contribution in [2.45, 2.75) is 63.2 Å². The van der Waals surface area contributed by atoms with Crippen LogP contribution in [0, 0.1) is 0 Å². The third kappa shape index (κ3) is 7.63. The first-order chi connectivity index (χ1) is 11.8. The number of unbranched alkanes of at least 4 members (excludes halogenated alkanes) is 7. The minimum absolute atomic E-state index is 0.0917. The summed E-state index contributed by atoms with van der Waals surface area (Å²) in [6.45, 7) is 2.79. The average molecular weight is 391 g/mol. The summed E-state index contributed by atoms with van der Waals surface area (Å²) in [6.07, 6.45) is 9.40. The van der Waals surface area contributed by atoms with Crippen molar-refractivity contribution >= 4 is 33.3 Å². The summed E-state index contributed by atoms with van der Waals surface area (Å²) in [4.78, 5) is 11.0. The number of hydrogen-bond acceptors (Lipinski definition) is 4. The number of rotatable bonds is 12. The van der Waals surface area contributed by atoms with Crippen molar-refractivity contribution in [1.82, 2.24) is 0 Å². The van der Waals surface area contributed by atoms with Crippen molar-refractivity contribution in [3.05, 3.63) is 22.7 Å². The predicted octanol–water partition coefficient (Wildman–Crippen LogP) is 4.24. The molecule has 0 atom stereocenters. The molecule has 8 heteroatoms. The number of carboxylic acids is 1. The lowest BCUT2D eigenvalue weighted by molar-refractivity contribution is 0.0697. The van der Waals surface area contributed by atoms with Crippen LogP contribution in [-0.4, -0.2) is 26.0 Å². The number of halogens is 1. The van der Waals surface area contributed by atoms with Crippen LogP contribution in [0.4, 0.5) is 5.69 Å². The molecule has 0 aliphatic rings. The van der Waals surface area contributed by atoms with Gasteiger partial charge >= 0.3 is 5.97 Å². The van der Waals surface area contributed by atoms with Gasteiger partial charge in [0, 0.05) is 6.54 Å². The molecule has 1 aromatic rings. The molecule has 0 heterocycles. The predicted molar refractivity (Wildman–Crippen MR) is 101 cm³/mol. The first-order valence-electron chi connectivity index (χ1n) is 8.61. The van der Waals surface area contributed by atoms with E-state index >= 15 is 0 Å². The van der Waals surface area contributed by atoms with Crippen molar-refractivity contribution < 1.29 is 18.3 Å². The van der Waals surface area contributed by atoms with E-state index < -0.39 is 16.0 Å². The number of carbonyl (C=O) groups is 1. The lowest BCUT2D eigenvalue weighted by atomic mass is 10.1. The third-order valence-electron chi connectivity index (χ3n) is 3.95. The number of anilines is 1. The van der Waals surface area contributed by atoms with Gasteiger partial charge in [-0.3, -0.25) is 0 Å². The second-order valence-electron chi connectivity index (χ2n) is 6.08. The SMILES string of the molecule is CCCCCCCCCCNc1cc(Cl)c(S(N)(=O)=O)cc1C(=O)O. The number of aromatic carboxylic acids is 1. The highest BCUT2D eigenvalue weighted by molar-refractivity contribution is 7.89. The fraction of sp³-hybridized carbons (Fsp3) is 0.588. The molecule has 0 spiro atoms. The quantitative estimate of drug-likeness (QED) is 0.462. The Labute approximate surface area is 154 Å². The Morgan fingerprint density at radius 3 is 2.20 bits per heavy atom. The van der Waals surface area contributed by atoms with Gasteiger partial charge in [-0.1, -0.05) is 63.5 Å². The lowest BCUT2D eigenvalue weighted by Crippen LogP contribution is -2.15. The molecule has 0 saturated heterocycles. The highest BCUT2D eigenvalue weighted by atomic mass is 35.5. The Balaban J connectivity index is 2.56. The Morgan fingerprint density at radius 1 is 1.12 bits per heavy atom. The van der Waals surface area contributed by atoms with E-state index in [1.165, 1.54) is 38.2 Å². The molecule has 0 amide bonds. The smallest absolute Gasteiger partial charge is 0.337 e. The number of primary sulfonamides is 1. The minimum atomic E-state index is -4.07. The minimum Gasteiger partial charge on any atom is -0.478 e. The summed E-state index contributed by atoms with van der Waals surface area (Å²) >= 11 is 5.92. The monoisotopic (exact) mass is 390 g/mol. The number of sulfonamides is 1. The molecule has 6 nitrogen and oxygen atoms in total. The lowest BCUT2D eigenvalue weighted by Gasteiger charge is -2.12. The van der Waals surface area contributed by atoms with Crippen LogP contribution in [0.25, 0.3) is 0 Å². The molecular formula is C17H27ClN2O4S. The number of nitrogens with one attached hydrogen (secondary N) is 1. The summed E-state index contributed by atoms with van der Waals surface area (Å²) in [6, 6.07) is 2.30. The summed E-state index contributed by atoms with van der Waals surface area (Å²) in [7, 11) is -4.07. The van der Waals surface area contributed by atoms with Crippen LogP contribution >= 0.6 is 11.6 Å². The molecule has 0 fully saturated rings. The van der Waals surface area contributed by atoms with Gasteiger partial charge in [0.15, 0.2) is 0 Å². The zero-order valence-corrected chi connectivity index (χ0v) is 16.1. The number of benzene rings is 1. The largest absolute Gasteiger partial charge is 0.478 e. The normalized spacial score (nSPS) is 11.5. The zero-order chi connectivity index (χ0) is 18.9. The second kappa shape index (κ2) is 10.6.